The fraction of sp³-hybridized carbons (Fsp3) is 0.434. The summed E-state index contributed by atoms with van der Waals surface area (Å²) in [6.07, 6.45) is 5.56. The molecule has 1 N–H and O–H groups in total. The molecule has 3 aromatic rings. The fourth-order valence-electron chi connectivity index (χ4n) is 8.07. The van der Waals surface area contributed by atoms with Crippen LogP contribution in [0.25, 0.3) is 0 Å². The zero-order valence-corrected chi connectivity index (χ0v) is 41.0. The van der Waals surface area contributed by atoms with Gasteiger partial charge < -0.3 is 43.3 Å². The number of carbonyl (C=O) groups excluding carboxylic acids is 5. The molecule has 0 heterocycles. The number of nitrogens with one attached hydrogen (secondary N) is 1. The Balaban J connectivity index is 1.76. The topological polar surface area (TPSA) is 183 Å². The summed E-state index contributed by atoms with van der Waals surface area (Å²) < 4.78 is 47.1. The molecule has 3 rings (SSSR count). The molecule has 0 saturated heterocycles. The highest BCUT2D eigenvalue weighted by Gasteiger charge is 2.37. The van der Waals surface area contributed by atoms with Gasteiger partial charge in [-0.15, -0.1) is 0 Å². The Labute approximate surface area is 395 Å². The van der Waals surface area contributed by atoms with Crippen molar-refractivity contribution < 1.29 is 61.9 Å². The molecule has 67 heavy (non-hydrogen) atoms. The summed E-state index contributed by atoms with van der Waals surface area (Å²) in [6.45, 7) is 32.0. The average Bonchev–Trinajstić information content (AvgIpc) is 3.19. The van der Waals surface area contributed by atoms with Gasteiger partial charge in [0.1, 0.15) is 45.1 Å². The van der Waals surface area contributed by atoms with E-state index in [0.29, 0.717) is 29.7 Å². The largest absolute Gasteiger partial charge is 0.488 e. The minimum absolute atomic E-state index is 0.0366. The third-order valence-electron chi connectivity index (χ3n) is 9.68. The fourth-order valence-corrected chi connectivity index (χ4v) is 8.07. The van der Waals surface area contributed by atoms with Gasteiger partial charge in [-0.1, -0.05) is 25.8 Å². The summed E-state index contributed by atoms with van der Waals surface area (Å²) in [5, 5.41) is 8.08. The molecule has 0 aliphatic heterocycles. The van der Waals surface area contributed by atoms with Crippen LogP contribution in [0, 0.1) is 5.41 Å². The van der Waals surface area contributed by atoms with Gasteiger partial charge in [0, 0.05) is 55.7 Å². The van der Waals surface area contributed by atoms with Gasteiger partial charge in [0.2, 0.25) is 0 Å². The highest BCUT2D eigenvalue weighted by molar-refractivity contribution is 5.93. The lowest BCUT2D eigenvalue weighted by atomic mass is 9.91. The van der Waals surface area contributed by atoms with Crippen LogP contribution >= 0.6 is 0 Å². The van der Waals surface area contributed by atoms with Crippen LogP contribution in [0.15, 0.2) is 98.6 Å². The molecule has 0 unspecified atom stereocenters. The number of rotatable bonds is 25. The summed E-state index contributed by atoms with van der Waals surface area (Å²) in [7, 11) is 0. The Morgan fingerprint density at radius 3 is 1.40 bits per heavy atom. The number of benzene rings is 3. The summed E-state index contributed by atoms with van der Waals surface area (Å²) in [4.78, 5) is 62.5. The smallest absolute Gasteiger partial charge is 0.343 e. The first-order chi connectivity index (χ1) is 30.9. The Kier molecular flexibility index (Phi) is 18.1. The summed E-state index contributed by atoms with van der Waals surface area (Å²) >= 11 is 0. The van der Waals surface area contributed by atoms with Gasteiger partial charge in [-0.25, -0.2) is 24.0 Å². The molecule has 362 valence electrons. The van der Waals surface area contributed by atoms with Gasteiger partial charge in [-0.3, -0.25) is 0 Å². The summed E-state index contributed by atoms with van der Waals surface area (Å²) in [6, 6.07) is 16.1. The molecule has 0 atom stereocenters. The van der Waals surface area contributed by atoms with E-state index in [-0.39, 0.29) is 42.3 Å². The predicted octanol–water partition coefficient (Wildman–Crippen LogP) is 10.5. The number of esters is 5. The van der Waals surface area contributed by atoms with E-state index in [1.807, 2.05) is 27.7 Å². The molecular weight excluding hydrogens is 859 g/mol. The molecule has 0 aliphatic rings. The molecule has 3 aromatic carbocycles. The molecule has 14 heteroatoms. The lowest BCUT2D eigenvalue weighted by Crippen LogP contribution is -2.41. The van der Waals surface area contributed by atoms with Gasteiger partial charge in [0.15, 0.2) is 11.5 Å². The maximum atomic E-state index is 13.8. The van der Waals surface area contributed by atoms with E-state index in [1.54, 1.807) is 104 Å². The minimum Gasteiger partial charge on any atom is -0.488 e. The third kappa shape index (κ3) is 18.2. The van der Waals surface area contributed by atoms with Crippen molar-refractivity contribution in [3.8, 4) is 23.0 Å². The molecule has 0 bridgehead atoms. The van der Waals surface area contributed by atoms with E-state index >= 15 is 0 Å². The van der Waals surface area contributed by atoms with E-state index in [9.17, 15) is 24.0 Å². The van der Waals surface area contributed by atoms with Crippen molar-refractivity contribution in [2.45, 2.75) is 142 Å². The highest BCUT2D eigenvalue weighted by Crippen LogP contribution is 2.39. The Morgan fingerprint density at radius 2 is 0.940 bits per heavy atom. The van der Waals surface area contributed by atoms with Crippen LogP contribution in [0.5, 0.6) is 23.0 Å². The Morgan fingerprint density at radius 1 is 0.507 bits per heavy atom. The first kappa shape index (κ1) is 54.6. The van der Waals surface area contributed by atoms with Crippen LogP contribution in [-0.4, -0.2) is 76.3 Å². The first-order valence-electron chi connectivity index (χ1n) is 21.8. The minimum atomic E-state index is -0.979. The molecule has 0 fully saturated rings. The van der Waals surface area contributed by atoms with Crippen LogP contribution in [0.1, 0.15) is 134 Å². The van der Waals surface area contributed by atoms with Crippen LogP contribution in [0.2, 0.25) is 0 Å². The van der Waals surface area contributed by atoms with Crippen LogP contribution < -0.4 is 18.9 Å². The van der Waals surface area contributed by atoms with Crippen molar-refractivity contribution in [3.05, 3.63) is 121 Å². The van der Waals surface area contributed by atoms with Crippen LogP contribution in [-0.2, 0) is 39.8 Å². The Hall–Kier alpha value is -6.70. The van der Waals surface area contributed by atoms with Gasteiger partial charge in [-0.2, -0.15) is 0 Å². The second-order valence-electron chi connectivity index (χ2n) is 19.7. The molecule has 0 radical (unpaired) electrons. The molecule has 0 aliphatic carbocycles. The van der Waals surface area contributed by atoms with Gasteiger partial charge in [0.25, 0.3) is 0 Å². The second kappa shape index (κ2) is 22.2. The molecule has 14 nitrogen and oxygen atoms in total. The summed E-state index contributed by atoms with van der Waals surface area (Å²) in [5.41, 5.74) is -3.84. The van der Waals surface area contributed by atoms with Crippen molar-refractivity contribution >= 4 is 36.1 Å². The van der Waals surface area contributed by atoms with E-state index in [1.165, 1.54) is 12.1 Å². The molecule has 0 saturated carbocycles. The average molecular weight is 926 g/mol. The highest BCUT2D eigenvalue weighted by atomic mass is 16.6. The van der Waals surface area contributed by atoms with Crippen molar-refractivity contribution in [2.24, 2.45) is 0 Å². The lowest BCUT2D eigenvalue weighted by Gasteiger charge is -2.37. The molecular formula is C53H67NO13. The summed E-state index contributed by atoms with van der Waals surface area (Å²) in [5.74, 6) is -1.84. The molecule has 0 amide bonds. The SMILES string of the molecule is C=CC(=O)OC(C)(C)CC(C)(C)Oc1ccc(C(=O)OCCc2ccc(OC(=O)c3ccc(OC(C)(C)CC(C)(C)OC(=O)C=C)c(OC(C)(C)CC(C)(C)OC(=O)C=C)c3)c(C=N)c2)cc1. The van der Waals surface area contributed by atoms with Crippen molar-refractivity contribution in [1.82, 2.24) is 0 Å². The Bertz CT molecular complexity index is 2320. The third-order valence-corrected chi connectivity index (χ3v) is 9.68. The normalized spacial score (nSPS) is 12.1. The van der Waals surface area contributed by atoms with Crippen LogP contribution in [0.3, 0.4) is 0 Å². The van der Waals surface area contributed by atoms with E-state index < -0.39 is 63.5 Å². The zero-order valence-electron chi connectivity index (χ0n) is 41.0. The first-order valence-corrected chi connectivity index (χ1v) is 21.8. The predicted molar refractivity (Wildman–Crippen MR) is 255 cm³/mol. The monoisotopic (exact) mass is 925 g/mol. The van der Waals surface area contributed by atoms with Crippen molar-refractivity contribution in [1.29, 1.82) is 5.41 Å². The van der Waals surface area contributed by atoms with Gasteiger partial charge in [-0.05, 0) is 143 Å². The molecule has 0 spiro atoms. The van der Waals surface area contributed by atoms with Crippen LogP contribution in [0.4, 0.5) is 0 Å². The maximum Gasteiger partial charge on any atom is 0.343 e. The van der Waals surface area contributed by atoms with E-state index in [0.717, 1.165) is 30.0 Å². The number of carbonyl (C=O) groups is 5. The van der Waals surface area contributed by atoms with Crippen molar-refractivity contribution in [3.63, 3.8) is 0 Å². The number of ether oxygens (including phenoxy) is 8. The second-order valence-corrected chi connectivity index (χ2v) is 19.7. The van der Waals surface area contributed by atoms with Gasteiger partial charge in [0.05, 0.1) is 17.7 Å². The standard InChI is InChI=1S/C53H67NO13/c1-16-43(55)65-51(10,11)32-48(4,5)62-39-23-20-36(21-24-39)46(58)60-28-27-35-19-25-40(38(29-35)31-54)61-47(59)37-22-26-41(63-49(6,7)33-52(12,13)66-44(56)17-2)42(30-37)64-50(8,9)34-53(14,15)67-45(57)18-3/h16-26,29-31,54H,1-3,27-28,32-34H2,4-15H3. The maximum absolute atomic E-state index is 13.8. The zero-order chi connectivity index (χ0) is 50.6. The number of hydrogen-bond donors (Lipinski definition) is 1. The van der Waals surface area contributed by atoms with Gasteiger partial charge >= 0.3 is 29.8 Å². The molecule has 0 aromatic heterocycles. The quantitative estimate of drug-likeness (QED) is 0.0279. The lowest BCUT2D eigenvalue weighted by molar-refractivity contribution is -0.155. The van der Waals surface area contributed by atoms with Crippen molar-refractivity contribution in [2.75, 3.05) is 6.61 Å². The van der Waals surface area contributed by atoms with E-state index in [4.69, 9.17) is 43.3 Å². The van der Waals surface area contributed by atoms with E-state index in [2.05, 4.69) is 19.7 Å². The number of hydrogen-bond acceptors (Lipinski definition) is 14.